The molecule has 2 aromatic rings. The van der Waals surface area contributed by atoms with Crippen molar-refractivity contribution in [2.75, 3.05) is 7.05 Å². The number of nitrogens with one attached hydrogen (secondary N) is 1. The van der Waals surface area contributed by atoms with Crippen molar-refractivity contribution >= 4 is 17.7 Å². The molecule has 0 aliphatic heterocycles. The Labute approximate surface area is 112 Å². The summed E-state index contributed by atoms with van der Waals surface area (Å²) >= 11 is 0. The summed E-state index contributed by atoms with van der Waals surface area (Å²) in [5.41, 5.74) is 9.07. The van der Waals surface area contributed by atoms with Crippen LogP contribution in [0.2, 0.25) is 0 Å². The van der Waals surface area contributed by atoms with E-state index in [9.17, 15) is 4.79 Å². The molecule has 0 fully saturated rings. The third kappa shape index (κ3) is 3.01. The van der Waals surface area contributed by atoms with E-state index >= 15 is 0 Å². The Bertz CT molecular complexity index is 603. The standard InChI is InChI=1S/C16H16N2O/c1-18-16(19)14-10-6-5-9-13(14)11-15(17)12-7-3-2-4-8-12/h2-11H,17H2,1H3,(H,18,19). The van der Waals surface area contributed by atoms with Crippen LogP contribution >= 0.6 is 0 Å². The summed E-state index contributed by atoms with van der Waals surface area (Å²) in [5.74, 6) is -0.118. The topological polar surface area (TPSA) is 55.1 Å². The SMILES string of the molecule is CNC(=O)c1ccccc1C=C(N)c1ccccc1. The largest absolute Gasteiger partial charge is 0.398 e. The first-order valence-electron chi connectivity index (χ1n) is 6.06. The summed E-state index contributed by atoms with van der Waals surface area (Å²) in [7, 11) is 1.61. The minimum Gasteiger partial charge on any atom is -0.398 e. The first kappa shape index (κ1) is 12.9. The van der Waals surface area contributed by atoms with E-state index in [1.165, 1.54) is 0 Å². The van der Waals surface area contributed by atoms with E-state index in [0.717, 1.165) is 11.1 Å². The number of hydrogen-bond acceptors (Lipinski definition) is 2. The summed E-state index contributed by atoms with van der Waals surface area (Å²) < 4.78 is 0. The van der Waals surface area contributed by atoms with E-state index in [-0.39, 0.29) is 5.91 Å². The molecule has 2 aromatic carbocycles. The summed E-state index contributed by atoms with van der Waals surface area (Å²) in [4.78, 5) is 11.8. The lowest BCUT2D eigenvalue weighted by atomic mass is 10.0. The van der Waals surface area contributed by atoms with Crippen molar-refractivity contribution in [1.29, 1.82) is 0 Å². The van der Waals surface area contributed by atoms with Gasteiger partial charge in [0.2, 0.25) is 0 Å². The van der Waals surface area contributed by atoms with Gasteiger partial charge in [-0.25, -0.2) is 0 Å². The molecule has 0 aliphatic carbocycles. The first-order valence-corrected chi connectivity index (χ1v) is 6.06. The predicted molar refractivity (Wildman–Crippen MR) is 78.3 cm³/mol. The lowest BCUT2D eigenvalue weighted by molar-refractivity contribution is 0.0963. The Balaban J connectivity index is 2.41. The van der Waals surface area contributed by atoms with Crippen molar-refractivity contribution in [2.45, 2.75) is 0 Å². The number of benzene rings is 2. The Morgan fingerprint density at radius 2 is 1.68 bits per heavy atom. The molecule has 0 bridgehead atoms. The van der Waals surface area contributed by atoms with Crippen molar-refractivity contribution in [1.82, 2.24) is 5.32 Å². The molecule has 0 aromatic heterocycles. The molecule has 19 heavy (non-hydrogen) atoms. The van der Waals surface area contributed by atoms with Gasteiger partial charge in [-0.15, -0.1) is 0 Å². The van der Waals surface area contributed by atoms with Crippen molar-refractivity contribution in [3.05, 3.63) is 71.3 Å². The van der Waals surface area contributed by atoms with Crippen LogP contribution in [0.3, 0.4) is 0 Å². The van der Waals surface area contributed by atoms with Gasteiger partial charge in [0.15, 0.2) is 0 Å². The zero-order valence-electron chi connectivity index (χ0n) is 10.8. The highest BCUT2D eigenvalue weighted by Gasteiger charge is 2.07. The van der Waals surface area contributed by atoms with Crippen molar-refractivity contribution in [2.24, 2.45) is 5.73 Å². The molecule has 1 amide bonds. The lowest BCUT2D eigenvalue weighted by Crippen LogP contribution is -2.18. The van der Waals surface area contributed by atoms with Crippen LogP contribution in [0.1, 0.15) is 21.5 Å². The van der Waals surface area contributed by atoms with Crippen LogP contribution in [0.5, 0.6) is 0 Å². The van der Waals surface area contributed by atoms with Crippen LogP contribution in [0.4, 0.5) is 0 Å². The number of carbonyl (C=O) groups is 1. The average molecular weight is 252 g/mol. The molecule has 0 saturated carbocycles. The zero-order chi connectivity index (χ0) is 13.7. The van der Waals surface area contributed by atoms with E-state index in [4.69, 9.17) is 5.73 Å². The van der Waals surface area contributed by atoms with Gasteiger partial charge in [0.25, 0.3) is 5.91 Å². The fourth-order valence-electron chi connectivity index (χ4n) is 1.85. The molecule has 2 rings (SSSR count). The second-order valence-electron chi connectivity index (χ2n) is 4.13. The summed E-state index contributed by atoms with van der Waals surface area (Å²) in [5, 5.41) is 2.63. The van der Waals surface area contributed by atoms with Gasteiger partial charge in [-0.2, -0.15) is 0 Å². The average Bonchev–Trinajstić information content (AvgIpc) is 2.48. The van der Waals surface area contributed by atoms with E-state index in [2.05, 4.69) is 5.32 Å². The highest BCUT2D eigenvalue weighted by atomic mass is 16.1. The molecule has 0 aliphatic rings. The highest BCUT2D eigenvalue weighted by molar-refractivity contribution is 5.99. The molecule has 3 N–H and O–H groups in total. The predicted octanol–water partition coefficient (Wildman–Crippen LogP) is 2.50. The molecule has 0 atom stereocenters. The number of nitrogens with two attached hydrogens (primary N) is 1. The third-order valence-corrected chi connectivity index (χ3v) is 2.85. The molecule has 0 spiro atoms. The number of carbonyl (C=O) groups excluding carboxylic acids is 1. The molecule has 0 heterocycles. The van der Waals surface area contributed by atoms with Crippen LogP contribution < -0.4 is 11.1 Å². The summed E-state index contributed by atoms with van der Waals surface area (Å²) in [6.45, 7) is 0. The molecule has 96 valence electrons. The van der Waals surface area contributed by atoms with Crippen molar-refractivity contribution in [3.8, 4) is 0 Å². The minimum atomic E-state index is -0.118. The van der Waals surface area contributed by atoms with Gasteiger partial charge < -0.3 is 11.1 Å². The Kier molecular flexibility index (Phi) is 3.98. The summed E-state index contributed by atoms with van der Waals surface area (Å²) in [6.07, 6.45) is 1.82. The number of hydrogen-bond donors (Lipinski definition) is 2. The normalized spacial score (nSPS) is 11.1. The number of rotatable bonds is 3. The Morgan fingerprint density at radius 3 is 2.37 bits per heavy atom. The van der Waals surface area contributed by atoms with Gasteiger partial charge in [-0.05, 0) is 23.3 Å². The molecule has 0 unspecified atom stereocenters. The molecule has 3 heteroatoms. The molecule has 0 radical (unpaired) electrons. The van der Waals surface area contributed by atoms with E-state index in [0.29, 0.717) is 11.3 Å². The van der Waals surface area contributed by atoms with Crippen molar-refractivity contribution in [3.63, 3.8) is 0 Å². The molecular formula is C16H16N2O. The number of amides is 1. The fraction of sp³-hybridized carbons (Fsp3) is 0.0625. The lowest BCUT2D eigenvalue weighted by Gasteiger charge is -2.06. The second kappa shape index (κ2) is 5.87. The van der Waals surface area contributed by atoms with Gasteiger partial charge in [-0.3, -0.25) is 4.79 Å². The van der Waals surface area contributed by atoms with Gasteiger partial charge in [-0.1, -0.05) is 48.5 Å². The van der Waals surface area contributed by atoms with Gasteiger partial charge >= 0.3 is 0 Å². The second-order valence-corrected chi connectivity index (χ2v) is 4.13. The quantitative estimate of drug-likeness (QED) is 0.825. The van der Waals surface area contributed by atoms with E-state index in [1.807, 2.05) is 54.6 Å². The van der Waals surface area contributed by atoms with Crippen molar-refractivity contribution < 1.29 is 4.79 Å². The van der Waals surface area contributed by atoms with Gasteiger partial charge in [0.05, 0.1) is 0 Å². The monoisotopic (exact) mass is 252 g/mol. The molecule has 3 nitrogen and oxygen atoms in total. The van der Waals surface area contributed by atoms with E-state index in [1.54, 1.807) is 13.1 Å². The van der Waals surface area contributed by atoms with Crippen LogP contribution in [0.15, 0.2) is 54.6 Å². The zero-order valence-corrected chi connectivity index (χ0v) is 10.8. The van der Waals surface area contributed by atoms with Gasteiger partial charge in [0, 0.05) is 18.3 Å². The first-order chi connectivity index (χ1) is 9.22. The van der Waals surface area contributed by atoms with Crippen LogP contribution in [-0.4, -0.2) is 13.0 Å². The van der Waals surface area contributed by atoms with E-state index < -0.39 is 0 Å². The Hall–Kier alpha value is -2.55. The van der Waals surface area contributed by atoms with Crippen LogP contribution in [0, 0.1) is 0 Å². The van der Waals surface area contributed by atoms with Crippen LogP contribution in [-0.2, 0) is 0 Å². The minimum absolute atomic E-state index is 0.118. The third-order valence-electron chi connectivity index (χ3n) is 2.85. The highest BCUT2D eigenvalue weighted by Crippen LogP contribution is 2.16. The smallest absolute Gasteiger partial charge is 0.251 e. The van der Waals surface area contributed by atoms with Gasteiger partial charge in [0.1, 0.15) is 0 Å². The molecular weight excluding hydrogens is 236 g/mol. The summed E-state index contributed by atoms with van der Waals surface area (Å²) in [6, 6.07) is 17.1. The fourth-order valence-corrected chi connectivity index (χ4v) is 1.85. The molecule has 0 saturated heterocycles. The Morgan fingerprint density at radius 1 is 1.05 bits per heavy atom. The maximum absolute atomic E-state index is 11.8. The van der Waals surface area contributed by atoms with Crippen LogP contribution in [0.25, 0.3) is 11.8 Å². The maximum Gasteiger partial charge on any atom is 0.251 e. The maximum atomic E-state index is 11.8.